The Morgan fingerprint density at radius 3 is 2.30 bits per heavy atom. The van der Waals surface area contributed by atoms with E-state index in [4.69, 9.17) is 29.9 Å². The Kier molecular flexibility index (Phi) is 11.1. The Hall–Kier alpha value is -4.05. The molecule has 5 N–H and O–H groups in total. The van der Waals surface area contributed by atoms with Crippen LogP contribution in [0.25, 0.3) is 0 Å². The van der Waals surface area contributed by atoms with Crippen molar-refractivity contribution in [1.29, 1.82) is 0 Å². The second-order valence-electron chi connectivity index (χ2n) is 10.8. The number of anilines is 1. The number of methoxy groups -OCH3 is 1. The number of carboxylic acid groups (broad SMARTS) is 3. The van der Waals surface area contributed by atoms with Gasteiger partial charge in [0, 0.05) is 18.7 Å². The van der Waals surface area contributed by atoms with E-state index in [9.17, 15) is 27.6 Å². The van der Waals surface area contributed by atoms with Gasteiger partial charge < -0.3 is 35.2 Å². The lowest BCUT2D eigenvalue weighted by Crippen LogP contribution is -2.42. The van der Waals surface area contributed by atoms with Crippen molar-refractivity contribution >= 4 is 23.7 Å². The topological polar surface area (TPSA) is 184 Å². The monoisotopic (exact) mass is 630 g/mol. The van der Waals surface area contributed by atoms with Crippen molar-refractivity contribution in [2.24, 2.45) is 0 Å². The number of nitrogens with zero attached hydrogens (tertiary/aromatic N) is 3. The summed E-state index contributed by atoms with van der Waals surface area (Å²) >= 11 is 0. The Balaban J connectivity index is 0.000000345. The zero-order valence-corrected chi connectivity index (χ0v) is 24.5. The first-order chi connectivity index (χ1) is 20.6. The fourth-order valence-electron chi connectivity index (χ4n) is 5.32. The Bertz CT molecular complexity index is 1320. The van der Waals surface area contributed by atoms with Crippen LogP contribution in [0.15, 0.2) is 24.3 Å². The minimum Gasteiger partial charge on any atom is -0.493 e. The van der Waals surface area contributed by atoms with Gasteiger partial charge in [-0.3, -0.25) is 14.5 Å². The van der Waals surface area contributed by atoms with Gasteiger partial charge >= 0.3 is 24.1 Å². The maximum absolute atomic E-state index is 13.6. The van der Waals surface area contributed by atoms with Crippen molar-refractivity contribution in [3.8, 4) is 11.5 Å². The van der Waals surface area contributed by atoms with Gasteiger partial charge in [-0.2, -0.15) is 18.3 Å². The molecule has 0 bridgehead atoms. The number of aliphatic hydroxyl groups is 1. The SMILES string of the molecule is CCOc1ccc(CN2CCCC2c2cc3n(n2)[C@@H](C(F)(F)F)C[C@@H](C)N3)cc1OC.O=C(O)CC(O)(CC(=O)O)C(=O)O. The largest absolute Gasteiger partial charge is 0.493 e. The summed E-state index contributed by atoms with van der Waals surface area (Å²) in [6.45, 7) is 5.79. The number of ether oxygens (including phenoxy) is 2. The summed E-state index contributed by atoms with van der Waals surface area (Å²) in [7, 11) is 1.61. The molecule has 13 nitrogen and oxygen atoms in total. The van der Waals surface area contributed by atoms with Crippen LogP contribution in [0.5, 0.6) is 11.5 Å². The zero-order chi connectivity index (χ0) is 32.8. The van der Waals surface area contributed by atoms with E-state index in [1.54, 1.807) is 20.1 Å². The van der Waals surface area contributed by atoms with Gasteiger partial charge in [0.15, 0.2) is 23.1 Å². The molecule has 3 heterocycles. The highest BCUT2D eigenvalue weighted by atomic mass is 19.4. The first kappa shape index (κ1) is 34.4. The molecule has 3 atom stereocenters. The number of aromatic nitrogens is 2. The third-order valence-corrected chi connectivity index (χ3v) is 7.30. The van der Waals surface area contributed by atoms with Gasteiger partial charge in [-0.1, -0.05) is 6.07 Å². The molecule has 1 aromatic carbocycles. The number of nitrogens with one attached hydrogen (secondary N) is 1. The number of rotatable bonds is 11. The molecule has 1 aromatic heterocycles. The van der Waals surface area contributed by atoms with E-state index in [-0.39, 0.29) is 18.5 Å². The fourth-order valence-corrected chi connectivity index (χ4v) is 5.32. The van der Waals surface area contributed by atoms with Crippen LogP contribution >= 0.6 is 0 Å². The molecule has 244 valence electrons. The molecule has 2 aromatic rings. The first-order valence-corrected chi connectivity index (χ1v) is 13.9. The fraction of sp³-hybridized carbons (Fsp3) is 0.571. The number of aliphatic carboxylic acids is 3. The average Bonchev–Trinajstić information content (AvgIpc) is 3.54. The number of fused-ring (bicyclic) bond motifs is 1. The zero-order valence-electron chi connectivity index (χ0n) is 24.5. The second kappa shape index (κ2) is 14.2. The second-order valence-corrected chi connectivity index (χ2v) is 10.8. The van der Waals surface area contributed by atoms with E-state index >= 15 is 0 Å². The van der Waals surface area contributed by atoms with Crippen molar-refractivity contribution in [3.63, 3.8) is 0 Å². The minimum atomic E-state index is -4.32. The number of alkyl halides is 3. The number of carbonyl (C=O) groups is 3. The van der Waals surface area contributed by atoms with Crippen molar-refractivity contribution < 1.29 is 57.5 Å². The normalized spacial score (nSPS) is 20.1. The highest BCUT2D eigenvalue weighted by Crippen LogP contribution is 2.42. The van der Waals surface area contributed by atoms with Gasteiger partial charge in [0.2, 0.25) is 0 Å². The van der Waals surface area contributed by atoms with Crippen molar-refractivity contribution in [3.05, 3.63) is 35.5 Å². The predicted octanol–water partition coefficient (Wildman–Crippen LogP) is 3.69. The van der Waals surface area contributed by atoms with Crippen LogP contribution < -0.4 is 14.8 Å². The van der Waals surface area contributed by atoms with Crippen LogP contribution in [0.4, 0.5) is 19.0 Å². The Labute approximate surface area is 251 Å². The van der Waals surface area contributed by atoms with E-state index < -0.39 is 48.6 Å². The lowest BCUT2D eigenvalue weighted by Gasteiger charge is -2.31. The van der Waals surface area contributed by atoms with Crippen LogP contribution in [0, 0.1) is 0 Å². The molecule has 16 heteroatoms. The number of likely N-dealkylation sites (tertiary alicyclic amines) is 1. The molecule has 0 spiro atoms. The smallest absolute Gasteiger partial charge is 0.410 e. The van der Waals surface area contributed by atoms with Crippen molar-refractivity contribution in [2.75, 3.05) is 25.6 Å². The molecular formula is C28H37F3N4O9. The summed E-state index contributed by atoms with van der Waals surface area (Å²) < 4.78 is 52.9. The molecule has 1 saturated heterocycles. The molecule has 0 radical (unpaired) electrons. The molecule has 0 saturated carbocycles. The molecule has 2 aliphatic rings. The molecule has 4 rings (SSSR count). The Morgan fingerprint density at radius 1 is 1.09 bits per heavy atom. The maximum atomic E-state index is 13.6. The third kappa shape index (κ3) is 8.53. The van der Waals surface area contributed by atoms with Crippen molar-refractivity contribution in [2.45, 2.75) is 82.4 Å². The third-order valence-electron chi connectivity index (χ3n) is 7.30. The molecular weight excluding hydrogens is 593 g/mol. The number of halogens is 3. The number of benzene rings is 1. The van der Waals surface area contributed by atoms with Crippen LogP contribution in [0.3, 0.4) is 0 Å². The molecule has 0 aliphatic carbocycles. The van der Waals surface area contributed by atoms with E-state index in [0.29, 0.717) is 36.2 Å². The van der Waals surface area contributed by atoms with Crippen molar-refractivity contribution in [1.82, 2.24) is 14.7 Å². The Morgan fingerprint density at radius 2 is 1.75 bits per heavy atom. The van der Waals surface area contributed by atoms with Gasteiger partial charge in [0.05, 0.1) is 38.3 Å². The van der Waals surface area contributed by atoms with Crippen LogP contribution in [-0.2, 0) is 20.9 Å². The highest BCUT2D eigenvalue weighted by Gasteiger charge is 2.46. The van der Waals surface area contributed by atoms with Gasteiger partial charge in [-0.15, -0.1) is 0 Å². The van der Waals surface area contributed by atoms with Gasteiger partial charge in [-0.25, -0.2) is 9.48 Å². The quantitative estimate of drug-likeness (QED) is 0.243. The summed E-state index contributed by atoms with van der Waals surface area (Å²) in [6, 6.07) is 5.80. The molecule has 1 fully saturated rings. The molecule has 0 amide bonds. The lowest BCUT2D eigenvalue weighted by molar-refractivity contribution is -0.173. The van der Waals surface area contributed by atoms with E-state index in [1.807, 2.05) is 25.1 Å². The first-order valence-electron chi connectivity index (χ1n) is 13.9. The summed E-state index contributed by atoms with van der Waals surface area (Å²) in [6.07, 6.45) is -4.77. The standard InChI is InChI=1S/C22H29F3N4O2.C6H8O7/c1-4-31-18-8-7-15(11-19(18)30-3)13-28-9-5-6-17(28)16-12-21-26-14(2)10-20(22(23,24)25)29(21)27-16;7-3(8)1-6(13,5(11)12)2-4(9)10/h7-8,11-12,14,17,20,26H,4-6,9-10,13H2,1-3H3;13H,1-2H2,(H,7,8)(H,9,10)(H,11,12)/t14-,17?,20-;/m1./s1. The highest BCUT2D eigenvalue weighted by molar-refractivity contribution is 5.88. The van der Waals surface area contributed by atoms with Crippen LogP contribution in [-0.4, -0.2) is 91.1 Å². The number of hydrogen-bond donors (Lipinski definition) is 5. The predicted molar refractivity (Wildman–Crippen MR) is 149 cm³/mol. The maximum Gasteiger partial charge on any atom is 0.410 e. The van der Waals surface area contributed by atoms with E-state index in [1.165, 1.54) is 0 Å². The van der Waals surface area contributed by atoms with Crippen LogP contribution in [0.2, 0.25) is 0 Å². The average molecular weight is 631 g/mol. The lowest BCUT2D eigenvalue weighted by atomic mass is 9.96. The van der Waals surface area contributed by atoms with E-state index in [2.05, 4.69) is 15.3 Å². The van der Waals surface area contributed by atoms with Gasteiger partial charge in [0.25, 0.3) is 0 Å². The minimum absolute atomic E-state index is 0.0124. The van der Waals surface area contributed by atoms with E-state index in [0.717, 1.165) is 29.6 Å². The molecule has 1 unspecified atom stereocenters. The summed E-state index contributed by atoms with van der Waals surface area (Å²) in [5.74, 6) is -3.19. The van der Waals surface area contributed by atoms with Gasteiger partial charge in [0.1, 0.15) is 5.82 Å². The molecule has 2 aliphatic heterocycles. The molecule has 44 heavy (non-hydrogen) atoms. The van der Waals surface area contributed by atoms with Crippen LogP contribution in [0.1, 0.15) is 69.3 Å². The summed E-state index contributed by atoms with van der Waals surface area (Å²) in [5, 5.41) is 41.4. The number of hydrogen-bond acceptors (Lipinski definition) is 9. The van der Waals surface area contributed by atoms with Gasteiger partial charge in [-0.05, 0) is 57.4 Å². The summed E-state index contributed by atoms with van der Waals surface area (Å²) in [4.78, 5) is 32.8. The summed E-state index contributed by atoms with van der Waals surface area (Å²) in [5.41, 5.74) is -0.977. The number of carboxylic acids is 3.